The predicted octanol–water partition coefficient (Wildman–Crippen LogP) is 3.90. The zero-order valence-corrected chi connectivity index (χ0v) is 11.3. The van der Waals surface area contributed by atoms with Crippen molar-refractivity contribution in [1.29, 1.82) is 0 Å². The third kappa shape index (κ3) is 2.13. The Labute approximate surface area is 117 Å². The molecule has 3 rings (SSSR count). The number of benzene rings is 1. The highest BCUT2D eigenvalue weighted by Gasteiger charge is 2.65. The Morgan fingerprint density at radius 3 is 2.35 bits per heavy atom. The molecule has 0 spiro atoms. The second kappa shape index (κ2) is 4.56. The quantitative estimate of drug-likeness (QED) is 0.932. The average molecular weight is 299 g/mol. The van der Waals surface area contributed by atoms with Crippen molar-refractivity contribution in [3.63, 3.8) is 0 Å². The number of nitrogens with zero attached hydrogens (tertiary/aromatic N) is 1. The van der Waals surface area contributed by atoms with E-state index in [1.807, 2.05) is 0 Å². The molecule has 6 heteroatoms. The maximum Gasteiger partial charge on any atom is 0.399 e. The Kier molecular flexibility index (Phi) is 3.10. The van der Waals surface area contributed by atoms with Crippen molar-refractivity contribution < 1.29 is 18.3 Å². The second-order valence-electron chi connectivity index (χ2n) is 4.97. The van der Waals surface area contributed by atoms with Gasteiger partial charge in [0, 0.05) is 10.9 Å². The molecule has 0 amide bonds. The normalized spacial score (nSPS) is 17.2. The van der Waals surface area contributed by atoms with Crippen molar-refractivity contribution >= 4 is 11.3 Å². The Balaban J connectivity index is 1.91. The Bertz CT molecular complexity index is 614. The van der Waals surface area contributed by atoms with Gasteiger partial charge >= 0.3 is 6.18 Å². The summed E-state index contributed by atoms with van der Waals surface area (Å²) in [6.07, 6.45) is -3.97. The number of hydrogen-bond donors (Lipinski definition) is 1. The summed E-state index contributed by atoms with van der Waals surface area (Å²) in [4.78, 5) is 4.17. The van der Waals surface area contributed by atoms with E-state index in [0.717, 1.165) is 11.1 Å². The third-order valence-electron chi connectivity index (χ3n) is 3.67. The van der Waals surface area contributed by atoms with Gasteiger partial charge in [0.05, 0.1) is 12.3 Å². The Hall–Kier alpha value is -1.40. The van der Waals surface area contributed by atoms with E-state index < -0.39 is 11.6 Å². The number of hydrogen-bond acceptors (Lipinski definition) is 3. The van der Waals surface area contributed by atoms with E-state index >= 15 is 0 Å². The maximum absolute atomic E-state index is 13.0. The Morgan fingerprint density at radius 2 is 1.85 bits per heavy atom. The molecule has 2 nitrogen and oxygen atoms in total. The molecule has 106 valence electrons. The minimum atomic E-state index is -4.22. The first-order valence-electron chi connectivity index (χ1n) is 6.19. The van der Waals surface area contributed by atoms with Crippen molar-refractivity contribution in [2.45, 2.75) is 31.0 Å². The van der Waals surface area contributed by atoms with E-state index in [1.165, 1.54) is 16.7 Å². The molecular weight excluding hydrogens is 287 g/mol. The fourth-order valence-corrected chi connectivity index (χ4v) is 3.11. The first kappa shape index (κ1) is 13.6. The summed E-state index contributed by atoms with van der Waals surface area (Å²) >= 11 is 1.23. The summed E-state index contributed by atoms with van der Waals surface area (Å²) in [7, 11) is 0. The first-order chi connectivity index (χ1) is 9.46. The van der Waals surface area contributed by atoms with E-state index in [2.05, 4.69) is 4.98 Å². The van der Waals surface area contributed by atoms with E-state index in [1.54, 1.807) is 24.3 Å². The van der Waals surface area contributed by atoms with Gasteiger partial charge in [0.1, 0.15) is 10.4 Å². The van der Waals surface area contributed by atoms with Gasteiger partial charge in [-0.15, -0.1) is 11.3 Å². The highest BCUT2D eigenvalue weighted by Crippen LogP contribution is 2.59. The van der Waals surface area contributed by atoms with Gasteiger partial charge in [-0.25, -0.2) is 4.98 Å². The number of halogens is 3. The van der Waals surface area contributed by atoms with Gasteiger partial charge in [-0.05, 0) is 18.4 Å². The van der Waals surface area contributed by atoms with Gasteiger partial charge < -0.3 is 5.11 Å². The second-order valence-corrected chi connectivity index (χ2v) is 5.83. The molecule has 1 fully saturated rings. The molecule has 0 radical (unpaired) electrons. The molecule has 0 unspecified atom stereocenters. The molecular formula is C14H12F3NOS. The molecule has 1 heterocycles. The summed E-state index contributed by atoms with van der Waals surface area (Å²) in [6, 6.07) is 7.02. The molecule has 1 aliphatic carbocycles. The summed E-state index contributed by atoms with van der Waals surface area (Å²) in [5, 5.41) is 11.1. The van der Waals surface area contributed by atoms with Crippen molar-refractivity contribution in [1.82, 2.24) is 4.98 Å². The average Bonchev–Trinajstić information content (AvgIpc) is 3.11. The SMILES string of the molecule is OCc1ccc(-c2nc(C3(C(F)(F)F)CC3)cs2)cc1. The number of aliphatic hydroxyl groups is 1. The van der Waals surface area contributed by atoms with Crippen LogP contribution in [-0.2, 0) is 12.0 Å². The molecule has 0 aliphatic heterocycles. The van der Waals surface area contributed by atoms with Crippen LogP contribution in [0.25, 0.3) is 10.6 Å². The molecule has 1 N–H and O–H groups in total. The van der Waals surface area contributed by atoms with Crippen molar-refractivity contribution in [2.24, 2.45) is 0 Å². The topological polar surface area (TPSA) is 33.1 Å². The lowest BCUT2D eigenvalue weighted by molar-refractivity contribution is -0.161. The molecule has 0 bridgehead atoms. The van der Waals surface area contributed by atoms with Crippen molar-refractivity contribution in [3.05, 3.63) is 40.9 Å². The van der Waals surface area contributed by atoms with Gasteiger partial charge in [-0.2, -0.15) is 13.2 Å². The van der Waals surface area contributed by atoms with Crippen LogP contribution in [-0.4, -0.2) is 16.3 Å². The highest BCUT2D eigenvalue weighted by molar-refractivity contribution is 7.13. The largest absolute Gasteiger partial charge is 0.399 e. The molecule has 20 heavy (non-hydrogen) atoms. The lowest BCUT2D eigenvalue weighted by Crippen LogP contribution is -2.28. The number of rotatable bonds is 3. The fourth-order valence-electron chi connectivity index (χ4n) is 2.19. The summed E-state index contributed by atoms with van der Waals surface area (Å²) in [6.45, 7) is -0.0550. The predicted molar refractivity (Wildman–Crippen MR) is 70.4 cm³/mol. The molecule has 2 aromatic rings. The molecule has 1 aliphatic rings. The van der Waals surface area contributed by atoms with Crippen LogP contribution in [0.5, 0.6) is 0 Å². The molecule has 1 aromatic heterocycles. The van der Waals surface area contributed by atoms with Crippen LogP contribution in [0.15, 0.2) is 29.6 Å². The standard InChI is InChI=1S/C14H12F3NOS/c15-14(16,17)13(5-6-13)11-8-20-12(18-11)10-3-1-9(7-19)2-4-10/h1-4,8,19H,5-7H2. The van der Waals surface area contributed by atoms with Gasteiger partial charge in [0.25, 0.3) is 0 Å². The zero-order chi connectivity index (χ0) is 14.4. The minimum absolute atomic E-state index is 0.0550. The third-order valence-corrected chi connectivity index (χ3v) is 4.56. The van der Waals surface area contributed by atoms with Crippen LogP contribution in [0.2, 0.25) is 0 Å². The van der Waals surface area contributed by atoms with Crippen LogP contribution in [0.1, 0.15) is 24.1 Å². The lowest BCUT2D eigenvalue weighted by Gasteiger charge is -2.16. The fraction of sp³-hybridized carbons (Fsp3) is 0.357. The zero-order valence-electron chi connectivity index (χ0n) is 10.4. The number of alkyl halides is 3. The monoisotopic (exact) mass is 299 g/mol. The first-order valence-corrected chi connectivity index (χ1v) is 7.07. The molecule has 0 atom stereocenters. The van der Waals surface area contributed by atoms with Gasteiger partial charge in [0.15, 0.2) is 0 Å². The van der Waals surface area contributed by atoms with Crippen LogP contribution < -0.4 is 0 Å². The van der Waals surface area contributed by atoms with Crippen molar-refractivity contribution in [3.8, 4) is 10.6 Å². The summed E-state index contributed by atoms with van der Waals surface area (Å²) < 4.78 is 39.1. The van der Waals surface area contributed by atoms with E-state index in [0.29, 0.717) is 5.01 Å². The summed E-state index contributed by atoms with van der Waals surface area (Å²) in [5.74, 6) is 0. The number of aromatic nitrogens is 1. The van der Waals surface area contributed by atoms with E-state index in [9.17, 15) is 13.2 Å². The number of aliphatic hydroxyl groups excluding tert-OH is 1. The van der Waals surface area contributed by atoms with Crippen LogP contribution in [0, 0.1) is 0 Å². The van der Waals surface area contributed by atoms with E-state index in [4.69, 9.17) is 5.11 Å². The van der Waals surface area contributed by atoms with Crippen molar-refractivity contribution in [2.75, 3.05) is 0 Å². The van der Waals surface area contributed by atoms with E-state index in [-0.39, 0.29) is 25.1 Å². The molecule has 0 saturated heterocycles. The smallest absolute Gasteiger partial charge is 0.392 e. The van der Waals surface area contributed by atoms with Gasteiger partial charge in [-0.1, -0.05) is 24.3 Å². The van der Waals surface area contributed by atoms with Gasteiger partial charge in [0.2, 0.25) is 0 Å². The summed E-state index contributed by atoms with van der Waals surface area (Å²) in [5.41, 5.74) is -0.0422. The minimum Gasteiger partial charge on any atom is -0.392 e. The van der Waals surface area contributed by atoms with Crippen LogP contribution >= 0.6 is 11.3 Å². The lowest BCUT2D eigenvalue weighted by atomic mass is 10.0. The Morgan fingerprint density at radius 1 is 1.20 bits per heavy atom. The molecule has 1 aromatic carbocycles. The number of thiazole rings is 1. The maximum atomic E-state index is 13.0. The van der Waals surface area contributed by atoms with Gasteiger partial charge in [-0.3, -0.25) is 0 Å². The highest BCUT2D eigenvalue weighted by atomic mass is 32.1. The van der Waals surface area contributed by atoms with Crippen LogP contribution in [0.3, 0.4) is 0 Å². The molecule has 1 saturated carbocycles. The van der Waals surface area contributed by atoms with Crippen LogP contribution in [0.4, 0.5) is 13.2 Å².